The first kappa shape index (κ1) is 23.0. The van der Waals surface area contributed by atoms with Crippen LogP contribution >= 0.6 is 22.9 Å². The Balaban J connectivity index is 1.35. The molecule has 0 saturated heterocycles. The van der Waals surface area contributed by atoms with Gasteiger partial charge in [-0.2, -0.15) is 0 Å². The van der Waals surface area contributed by atoms with Gasteiger partial charge in [0.25, 0.3) is 0 Å². The van der Waals surface area contributed by atoms with E-state index in [1.807, 2.05) is 17.4 Å². The average molecular weight is 537 g/mol. The van der Waals surface area contributed by atoms with Crippen LogP contribution in [0.4, 0.5) is 0 Å². The van der Waals surface area contributed by atoms with Gasteiger partial charge in [0.05, 0.1) is 5.41 Å². The van der Waals surface area contributed by atoms with Gasteiger partial charge in [-0.1, -0.05) is 127 Å². The quantitative estimate of drug-likeness (QED) is 0.211. The molecule has 39 heavy (non-hydrogen) atoms. The van der Waals surface area contributed by atoms with Gasteiger partial charge in [0.1, 0.15) is 0 Å². The van der Waals surface area contributed by atoms with E-state index in [2.05, 4.69) is 127 Å². The van der Waals surface area contributed by atoms with E-state index in [-0.39, 0.29) is 5.41 Å². The maximum atomic E-state index is 6.68. The maximum Gasteiger partial charge on any atom is 0.0529 e. The highest BCUT2D eigenvalue weighted by Gasteiger charge is 2.51. The fourth-order valence-corrected chi connectivity index (χ4v) is 8.48. The summed E-state index contributed by atoms with van der Waals surface area (Å²) in [6.45, 7) is 0. The van der Waals surface area contributed by atoms with E-state index in [0.29, 0.717) is 5.92 Å². The lowest BCUT2D eigenvalue weighted by atomic mass is 9.63. The second-order valence-corrected chi connectivity index (χ2v) is 12.0. The zero-order valence-corrected chi connectivity index (χ0v) is 22.8. The largest absolute Gasteiger partial charge is 0.135 e. The van der Waals surface area contributed by atoms with Gasteiger partial charge in [0.2, 0.25) is 0 Å². The number of thiophene rings is 1. The SMILES string of the molecule is Clc1ccc2c(c1)C(c1ccccc1)(c1ccc(-c3cccc4c3sc3ccccc34)cc1)C1CC=CC=C21. The van der Waals surface area contributed by atoms with Crippen molar-refractivity contribution in [3.8, 4) is 11.1 Å². The summed E-state index contributed by atoms with van der Waals surface area (Å²) in [4.78, 5) is 0. The Labute approximate surface area is 237 Å². The van der Waals surface area contributed by atoms with Crippen LogP contribution < -0.4 is 0 Å². The summed E-state index contributed by atoms with van der Waals surface area (Å²) >= 11 is 8.57. The highest BCUT2D eigenvalue weighted by Crippen LogP contribution is 2.60. The summed E-state index contributed by atoms with van der Waals surface area (Å²) < 4.78 is 2.69. The van der Waals surface area contributed by atoms with Crippen molar-refractivity contribution in [2.75, 3.05) is 0 Å². The van der Waals surface area contributed by atoms with Crippen molar-refractivity contribution >= 4 is 48.7 Å². The molecule has 0 spiro atoms. The fourth-order valence-electron chi connectivity index (χ4n) is 7.07. The minimum atomic E-state index is -0.305. The van der Waals surface area contributed by atoms with E-state index in [0.717, 1.165) is 11.4 Å². The Morgan fingerprint density at radius 2 is 1.46 bits per heavy atom. The zero-order chi connectivity index (χ0) is 26.0. The van der Waals surface area contributed by atoms with Crippen molar-refractivity contribution in [3.05, 3.63) is 161 Å². The van der Waals surface area contributed by atoms with Crippen LogP contribution in [-0.4, -0.2) is 0 Å². The first-order valence-electron chi connectivity index (χ1n) is 13.5. The van der Waals surface area contributed by atoms with Gasteiger partial charge in [0, 0.05) is 31.1 Å². The fraction of sp³-hybridized carbons (Fsp3) is 0.0811. The maximum absolute atomic E-state index is 6.68. The number of rotatable bonds is 3. The lowest BCUT2D eigenvalue weighted by Gasteiger charge is -2.39. The predicted molar refractivity (Wildman–Crippen MR) is 168 cm³/mol. The summed E-state index contributed by atoms with van der Waals surface area (Å²) in [7, 11) is 0. The number of benzene rings is 5. The lowest BCUT2D eigenvalue weighted by molar-refractivity contribution is 0.484. The van der Waals surface area contributed by atoms with Crippen LogP contribution in [0.2, 0.25) is 5.02 Å². The van der Waals surface area contributed by atoms with Crippen molar-refractivity contribution in [2.24, 2.45) is 5.92 Å². The van der Waals surface area contributed by atoms with Crippen LogP contribution in [0.15, 0.2) is 133 Å². The molecule has 8 rings (SSSR count). The van der Waals surface area contributed by atoms with Crippen molar-refractivity contribution in [2.45, 2.75) is 11.8 Å². The molecule has 2 aliphatic rings. The molecule has 0 bridgehead atoms. The molecule has 0 radical (unpaired) electrons. The molecule has 0 saturated carbocycles. The molecule has 0 N–H and O–H groups in total. The molecule has 1 aromatic heterocycles. The monoisotopic (exact) mass is 536 g/mol. The van der Waals surface area contributed by atoms with E-state index in [1.54, 1.807) is 0 Å². The molecular weight excluding hydrogens is 512 g/mol. The molecule has 2 atom stereocenters. The van der Waals surface area contributed by atoms with E-state index >= 15 is 0 Å². The van der Waals surface area contributed by atoms with E-state index in [1.165, 1.54) is 59.1 Å². The zero-order valence-electron chi connectivity index (χ0n) is 21.3. The molecule has 0 fully saturated rings. The average Bonchev–Trinajstić information content (AvgIpc) is 3.51. The van der Waals surface area contributed by atoms with Gasteiger partial charge in [-0.15, -0.1) is 11.3 Å². The number of fused-ring (bicyclic) bond motifs is 6. The molecule has 5 aromatic carbocycles. The predicted octanol–water partition coefficient (Wildman–Crippen LogP) is 10.7. The van der Waals surface area contributed by atoms with Gasteiger partial charge in [-0.3, -0.25) is 0 Å². The van der Waals surface area contributed by atoms with Gasteiger partial charge >= 0.3 is 0 Å². The summed E-state index contributed by atoms with van der Waals surface area (Å²) in [5.41, 5.74) is 8.90. The summed E-state index contributed by atoms with van der Waals surface area (Å²) in [6, 6.07) is 42.3. The molecule has 0 amide bonds. The smallest absolute Gasteiger partial charge is 0.0529 e. The van der Waals surface area contributed by atoms with Crippen LogP contribution in [-0.2, 0) is 5.41 Å². The van der Waals surface area contributed by atoms with Gasteiger partial charge in [-0.05, 0) is 63.6 Å². The Hall–Kier alpha value is -3.91. The highest BCUT2D eigenvalue weighted by atomic mass is 35.5. The van der Waals surface area contributed by atoms with Gasteiger partial charge in [0.15, 0.2) is 0 Å². The number of allylic oxidation sites excluding steroid dienone is 4. The van der Waals surface area contributed by atoms with Crippen LogP contribution in [0.1, 0.15) is 28.7 Å². The Morgan fingerprint density at radius 1 is 0.692 bits per heavy atom. The molecular formula is C37H25ClS. The van der Waals surface area contributed by atoms with Gasteiger partial charge in [-0.25, -0.2) is 0 Å². The third-order valence-electron chi connectivity index (χ3n) is 8.68. The summed E-state index contributed by atoms with van der Waals surface area (Å²) in [5, 5.41) is 3.46. The standard InChI is InChI=1S/C37H25ClS/c38-27-21-22-30-29-11-4-6-15-33(29)37(34(30)23-27,25-9-2-1-3-10-25)26-19-17-24(18-20-26)28-13-8-14-32-31-12-5-7-16-35(31)39-36(28)32/h1-14,16-23,33H,15H2. The van der Waals surface area contributed by atoms with Gasteiger partial charge < -0.3 is 0 Å². The number of halogens is 1. The van der Waals surface area contributed by atoms with E-state index < -0.39 is 0 Å². The van der Waals surface area contributed by atoms with E-state index in [9.17, 15) is 0 Å². The molecule has 0 nitrogen and oxygen atoms in total. The third kappa shape index (κ3) is 3.30. The molecule has 6 aromatic rings. The summed E-state index contributed by atoms with van der Waals surface area (Å²) in [6.07, 6.45) is 7.83. The minimum absolute atomic E-state index is 0.305. The molecule has 2 aliphatic carbocycles. The van der Waals surface area contributed by atoms with Crippen LogP contribution in [0.25, 0.3) is 36.9 Å². The van der Waals surface area contributed by atoms with Crippen molar-refractivity contribution in [3.63, 3.8) is 0 Å². The van der Waals surface area contributed by atoms with Crippen LogP contribution in [0, 0.1) is 5.92 Å². The second kappa shape index (κ2) is 8.81. The topological polar surface area (TPSA) is 0 Å². The Morgan fingerprint density at radius 3 is 2.33 bits per heavy atom. The molecule has 1 heterocycles. The molecule has 186 valence electrons. The highest BCUT2D eigenvalue weighted by molar-refractivity contribution is 7.26. The Kier molecular flexibility index (Phi) is 5.20. The minimum Gasteiger partial charge on any atom is -0.135 e. The molecule has 0 aliphatic heterocycles. The second-order valence-electron chi connectivity index (χ2n) is 10.6. The molecule has 2 unspecified atom stereocenters. The van der Waals surface area contributed by atoms with Crippen LogP contribution in [0.5, 0.6) is 0 Å². The molecule has 2 heteroatoms. The third-order valence-corrected chi connectivity index (χ3v) is 10.1. The van der Waals surface area contributed by atoms with Crippen molar-refractivity contribution in [1.29, 1.82) is 0 Å². The van der Waals surface area contributed by atoms with E-state index in [4.69, 9.17) is 11.6 Å². The lowest BCUT2D eigenvalue weighted by Crippen LogP contribution is -2.34. The first-order valence-corrected chi connectivity index (χ1v) is 14.7. The van der Waals surface area contributed by atoms with Crippen LogP contribution in [0.3, 0.4) is 0 Å². The first-order chi connectivity index (χ1) is 19.2. The normalized spacial score (nSPS) is 19.7. The van der Waals surface area contributed by atoms with Crippen molar-refractivity contribution < 1.29 is 0 Å². The number of hydrogen-bond acceptors (Lipinski definition) is 1. The summed E-state index contributed by atoms with van der Waals surface area (Å²) in [5.74, 6) is 0.315. The Bertz CT molecular complexity index is 1940. The van der Waals surface area contributed by atoms with Crippen molar-refractivity contribution in [1.82, 2.24) is 0 Å². The number of hydrogen-bond donors (Lipinski definition) is 0.